The zero-order valence-electron chi connectivity index (χ0n) is 12.7. The number of nitrogens with two attached hydrogens (primary N) is 1. The van der Waals surface area contributed by atoms with Crippen molar-refractivity contribution in [2.24, 2.45) is 11.7 Å². The number of ether oxygens (including phenoxy) is 1. The maximum atomic E-state index is 12.4. The van der Waals surface area contributed by atoms with Gasteiger partial charge in [0.2, 0.25) is 0 Å². The predicted molar refractivity (Wildman–Crippen MR) is 80.3 cm³/mol. The summed E-state index contributed by atoms with van der Waals surface area (Å²) >= 11 is 0. The van der Waals surface area contributed by atoms with Crippen molar-refractivity contribution in [1.29, 1.82) is 0 Å². The van der Waals surface area contributed by atoms with Gasteiger partial charge in [0.25, 0.3) is 0 Å². The SMILES string of the molecule is CC(C)(C)OC(=O)N1CCC[C@H](N)C1[C@@H]1C=CC=CC1. The number of piperidine rings is 1. The molecule has 1 aliphatic heterocycles. The lowest BCUT2D eigenvalue weighted by Gasteiger charge is -2.43. The van der Waals surface area contributed by atoms with Gasteiger partial charge in [-0.2, -0.15) is 0 Å². The number of rotatable bonds is 1. The molecule has 4 nitrogen and oxygen atoms in total. The first-order valence-corrected chi connectivity index (χ1v) is 7.47. The highest BCUT2D eigenvalue weighted by Crippen LogP contribution is 2.29. The Bertz CT molecular complexity index is 409. The van der Waals surface area contributed by atoms with Crippen LogP contribution in [0.25, 0.3) is 0 Å². The van der Waals surface area contributed by atoms with Crippen LogP contribution in [0, 0.1) is 5.92 Å². The van der Waals surface area contributed by atoms with Gasteiger partial charge in [0, 0.05) is 18.5 Å². The van der Waals surface area contributed by atoms with Gasteiger partial charge in [-0.25, -0.2) is 4.79 Å². The summed E-state index contributed by atoms with van der Waals surface area (Å²) in [5.74, 6) is 0.294. The summed E-state index contributed by atoms with van der Waals surface area (Å²) in [6, 6.07) is 0.0669. The fourth-order valence-corrected chi connectivity index (χ4v) is 2.98. The fourth-order valence-electron chi connectivity index (χ4n) is 2.98. The van der Waals surface area contributed by atoms with Crippen molar-refractivity contribution in [3.05, 3.63) is 24.3 Å². The van der Waals surface area contributed by atoms with Crippen LogP contribution >= 0.6 is 0 Å². The van der Waals surface area contributed by atoms with Crippen LogP contribution in [-0.4, -0.2) is 35.2 Å². The number of likely N-dealkylation sites (tertiary alicyclic amines) is 1. The van der Waals surface area contributed by atoms with Crippen LogP contribution in [0.2, 0.25) is 0 Å². The van der Waals surface area contributed by atoms with Crippen molar-refractivity contribution < 1.29 is 9.53 Å². The molecule has 0 aromatic rings. The van der Waals surface area contributed by atoms with Gasteiger partial charge in [-0.3, -0.25) is 0 Å². The van der Waals surface area contributed by atoms with Gasteiger partial charge in [-0.1, -0.05) is 24.3 Å². The van der Waals surface area contributed by atoms with Crippen LogP contribution in [0.3, 0.4) is 0 Å². The molecule has 0 aromatic carbocycles. The van der Waals surface area contributed by atoms with E-state index in [9.17, 15) is 4.79 Å². The van der Waals surface area contributed by atoms with Gasteiger partial charge in [0.05, 0.1) is 6.04 Å². The minimum Gasteiger partial charge on any atom is -0.444 e. The van der Waals surface area contributed by atoms with E-state index in [1.54, 1.807) is 0 Å². The Balaban J connectivity index is 2.13. The second kappa shape index (κ2) is 6.00. The summed E-state index contributed by atoms with van der Waals surface area (Å²) in [6.45, 7) is 6.43. The lowest BCUT2D eigenvalue weighted by Crippen LogP contribution is -2.58. The summed E-state index contributed by atoms with van der Waals surface area (Å²) in [6.07, 6.45) is 11.0. The lowest BCUT2D eigenvalue weighted by atomic mass is 9.83. The van der Waals surface area contributed by atoms with E-state index in [0.717, 1.165) is 25.8 Å². The van der Waals surface area contributed by atoms with E-state index in [2.05, 4.69) is 12.2 Å². The summed E-state index contributed by atoms with van der Waals surface area (Å²) in [4.78, 5) is 14.3. The highest BCUT2D eigenvalue weighted by Gasteiger charge is 2.38. The molecule has 3 atom stereocenters. The third-order valence-corrected chi connectivity index (χ3v) is 3.82. The van der Waals surface area contributed by atoms with E-state index in [0.29, 0.717) is 5.92 Å². The van der Waals surface area contributed by atoms with Crippen molar-refractivity contribution in [2.45, 2.75) is 57.7 Å². The van der Waals surface area contributed by atoms with Gasteiger partial charge in [-0.15, -0.1) is 0 Å². The molecule has 1 heterocycles. The van der Waals surface area contributed by atoms with Gasteiger partial charge in [-0.05, 0) is 40.0 Å². The Morgan fingerprint density at radius 3 is 2.70 bits per heavy atom. The Hall–Kier alpha value is -1.29. The molecular weight excluding hydrogens is 252 g/mol. The molecule has 1 aliphatic carbocycles. The number of nitrogens with zero attached hydrogens (tertiary/aromatic N) is 1. The van der Waals surface area contributed by atoms with Gasteiger partial charge in [0.1, 0.15) is 5.60 Å². The molecule has 1 unspecified atom stereocenters. The highest BCUT2D eigenvalue weighted by atomic mass is 16.6. The molecule has 2 aliphatic rings. The molecule has 0 bridgehead atoms. The topological polar surface area (TPSA) is 55.6 Å². The highest BCUT2D eigenvalue weighted by molar-refractivity contribution is 5.69. The third kappa shape index (κ3) is 3.63. The molecule has 2 N–H and O–H groups in total. The standard InChI is InChI=1S/C16H26N2O2/c1-16(2,3)20-15(19)18-11-7-10-13(17)14(18)12-8-5-4-6-9-12/h4-6,8,12-14H,7,9-11,17H2,1-3H3/t12-,13+,14?/m1/s1. The zero-order chi connectivity index (χ0) is 14.8. The molecule has 0 aromatic heterocycles. The smallest absolute Gasteiger partial charge is 0.410 e. The normalized spacial score (nSPS) is 30.4. The van der Waals surface area contributed by atoms with Crippen LogP contribution in [0.4, 0.5) is 4.79 Å². The van der Waals surface area contributed by atoms with Crippen LogP contribution in [-0.2, 0) is 4.74 Å². The number of allylic oxidation sites excluding steroid dienone is 3. The summed E-state index contributed by atoms with van der Waals surface area (Å²) in [5, 5.41) is 0. The quantitative estimate of drug-likeness (QED) is 0.802. The van der Waals surface area contributed by atoms with Gasteiger partial charge >= 0.3 is 6.09 Å². The Morgan fingerprint density at radius 2 is 2.10 bits per heavy atom. The average Bonchev–Trinajstić information content (AvgIpc) is 2.37. The fraction of sp³-hybridized carbons (Fsp3) is 0.688. The Labute approximate surface area is 121 Å². The molecule has 0 radical (unpaired) electrons. The molecule has 2 rings (SSSR count). The largest absolute Gasteiger partial charge is 0.444 e. The molecule has 4 heteroatoms. The van der Waals surface area contributed by atoms with Crippen LogP contribution in [0.15, 0.2) is 24.3 Å². The molecular formula is C16H26N2O2. The van der Waals surface area contributed by atoms with E-state index in [1.807, 2.05) is 37.8 Å². The molecule has 112 valence electrons. The molecule has 20 heavy (non-hydrogen) atoms. The maximum Gasteiger partial charge on any atom is 0.410 e. The van der Waals surface area contributed by atoms with Crippen molar-refractivity contribution in [1.82, 2.24) is 4.90 Å². The predicted octanol–water partition coefficient (Wildman–Crippen LogP) is 2.85. The summed E-state index contributed by atoms with van der Waals surface area (Å²) < 4.78 is 5.54. The number of carbonyl (C=O) groups is 1. The first-order valence-electron chi connectivity index (χ1n) is 7.47. The minimum absolute atomic E-state index is 0.0254. The van der Waals surface area contributed by atoms with Crippen LogP contribution < -0.4 is 5.73 Å². The van der Waals surface area contributed by atoms with E-state index >= 15 is 0 Å². The van der Waals surface area contributed by atoms with E-state index in [1.165, 1.54) is 0 Å². The van der Waals surface area contributed by atoms with Crippen molar-refractivity contribution >= 4 is 6.09 Å². The second-order valence-corrected chi connectivity index (χ2v) is 6.68. The summed E-state index contributed by atoms with van der Waals surface area (Å²) in [7, 11) is 0. The van der Waals surface area contributed by atoms with Crippen molar-refractivity contribution in [2.75, 3.05) is 6.54 Å². The second-order valence-electron chi connectivity index (χ2n) is 6.68. The summed E-state index contributed by atoms with van der Waals surface area (Å²) in [5.41, 5.74) is 5.83. The Kier molecular flexibility index (Phi) is 4.53. The minimum atomic E-state index is -0.467. The van der Waals surface area contributed by atoms with E-state index in [4.69, 9.17) is 10.5 Å². The van der Waals surface area contributed by atoms with Crippen LogP contribution in [0.5, 0.6) is 0 Å². The monoisotopic (exact) mass is 278 g/mol. The van der Waals surface area contributed by atoms with Gasteiger partial charge < -0.3 is 15.4 Å². The zero-order valence-corrected chi connectivity index (χ0v) is 12.7. The maximum absolute atomic E-state index is 12.4. The average molecular weight is 278 g/mol. The number of hydrogen-bond acceptors (Lipinski definition) is 3. The third-order valence-electron chi connectivity index (χ3n) is 3.82. The Morgan fingerprint density at radius 1 is 1.35 bits per heavy atom. The molecule has 1 fully saturated rings. The van der Waals surface area contributed by atoms with E-state index in [-0.39, 0.29) is 18.2 Å². The van der Waals surface area contributed by atoms with Crippen molar-refractivity contribution in [3.8, 4) is 0 Å². The van der Waals surface area contributed by atoms with Crippen LogP contribution in [0.1, 0.15) is 40.0 Å². The molecule has 1 saturated heterocycles. The van der Waals surface area contributed by atoms with E-state index < -0.39 is 5.60 Å². The first kappa shape index (κ1) is 15.1. The molecule has 0 saturated carbocycles. The number of hydrogen-bond donors (Lipinski definition) is 1. The van der Waals surface area contributed by atoms with Gasteiger partial charge in [0.15, 0.2) is 0 Å². The number of carbonyl (C=O) groups excluding carboxylic acids is 1. The molecule has 0 spiro atoms. The first-order chi connectivity index (χ1) is 9.38. The molecule has 1 amide bonds. The number of amides is 1. The lowest BCUT2D eigenvalue weighted by molar-refractivity contribution is 0.000873. The van der Waals surface area contributed by atoms with Crippen molar-refractivity contribution in [3.63, 3.8) is 0 Å².